The van der Waals surface area contributed by atoms with Crippen molar-refractivity contribution in [2.45, 2.75) is 13.5 Å². The second-order valence-electron chi connectivity index (χ2n) is 3.14. The molecule has 0 saturated heterocycles. The molecular formula is C7H12BrN3O2S. The summed E-state index contributed by atoms with van der Waals surface area (Å²) >= 11 is 3.26. The third-order valence-electron chi connectivity index (χ3n) is 1.77. The number of halogens is 1. The molecule has 0 aliphatic rings. The zero-order chi connectivity index (χ0) is 10.9. The van der Waals surface area contributed by atoms with E-state index in [0.717, 1.165) is 10.2 Å². The number of sulfone groups is 1. The number of nitrogen functional groups attached to an aromatic ring is 1. The standard InChI is InChI=1S/C7H12BrN3O2S/c1-5-6(8)7(9)11(10-5)3-4-14(2,12)13/h3-4,9H2,1-2H3. The molecule has 0 amide bonds. The molecule has 0 radical (unpaired) electrons. The van der Waals surface area contributed by atoms with Crippen LogP contribution in [0.4, 0.5) is 5.82 Å². The van der Waals surface area contributed by atoms with Gasteiger partial charge in [0, 0.05) is 6.26 Å². The highest BCUT2D eigenvalue weighted by Gasteiger charge is 2.11. The molecule has 0 unspecified atom stereocenters. The van der Waals surface area contributed by atoms with Crippen LogP contribution in [-0.4, -0.2) is 30.2 Å². The van der Waals surface area contributed by atoms with Gasteiger partial charge in [-0.2, -0.15) is 5.10 Å². The zero-order valence-electron chi connectivity index (χ0n) is 7.99. The highest BCUT2D eigenvalue weighted by molar-refractivity contribution is 9.10. The van der Waals surface area contributed by atoms with Gasteiger partial charge in [-0.15, -0.1) is 0 Å². The van der Waals surface area contributed by atoms with Crippen molar-refractivity contribution in [3.63, 3.8) is 0 Å². The summed E-state index contributed by atoms with van der Waals surface area (Å²) in [6.07, 6.45) is 1.19. The Bertz CT molecular complexity index is 438. The second-order valence-corrected chi connectivity index (χ2v) is 6.19. The van der Waals surface area contributed by atoms with Crippen LogP contribution >= 0.6 is 15.9 Å². The molecule has 0 bridgehead atoms. The first kappa shape index (κ1) is 11.5. The Balaban J connectivity index is 2.83. The number of hydrogen-bond donors (Lipinski definition) is 1. The predicted molar refractivity (Wildman–Crippen MR) is 58.8 cm³/mol. The predicted octanol–water partition coefficient (Wildman–Crippen LogP) is 0.581. The minimum Gasteiger partial charge on any atom is -0.383 e. The van der Waals surface area contributed by atoms with Crippen molar-refractivity contribution < 1.29 is 8.42 Å². The van der Waals surface area contributed by atoms with E-state index in [1.54, 1.807) is 6.92 Å². The Labute approximate surface area is 91.3 Å². The highest BCUT2D eigenvalue weighted by atomic mass is 79.9. The van der Waals surface area contributed by atoms with E-state index in [1.165, 1.54) is 10.9 Å². The smallest absolute Gasteiger partial charge is 0.149 e. The number of rotatable bonds is 3. The molecule has 0 aliphatic heterocycles. The molecule has 0 aromatic carbocycles. The quantitative estimate of drug-likeness (QED) is 0.879. The van der Waals surface area contributed by atoms with E-state index in [9.17, 15) is 8.42 Å². The third kappa shape index (κ3) is 2.71. The number of hydrogen-bond acceptors (Lipinski definition) is 4. The summed E-state index contributed by atoms with van der Waals surface area (Å²) in [4.78, 5) is 0. The van der Waals surface area contributed by atoms with Crippen LogP contribution < -0.4 is 5.73 Å². The molecular weight excluding hydrogens is 270 g/mol. The molecule has 0 atom stereocenters. The lowest BCUT2D eigenvalue weighted by molar-refractivity contribution is 0.587. The molecule has 80 valence electrons. The van der Waals surface area contributed by atoms with E-state index >= 15 is 0 Å². The molecule has 0 saturated carbocycles. The van der Waals surface area contributed by atoms with Gasteiger partial charge in [-0.1, -0.05) is 0 Å². The molecule has 0 fully saturated rings. The summed E-state index contributed by atoms with van der Waals surface area (Å²) in [5, 5.41) is 4.09. The van der Waals surface area contributed by atoms with Crippen molar-refractivity contribution in [3.05, 3.63) is 10.2 Å². The largest absolute Gasteiger partial charge is 0.383 e. The van der Waals surface area contributed by atoms with Crippen LogP contribution in [0.25, 0.3) is 0 Å². The van der Waals surface area contributed by atoms with E-state index in [2.05, 4.69) is 21.0 Å². The molecule has 1 heterocycles. The molecule has 5 nitrogen and oxygen atoms in total. The summed E-state index contributed by atoms with van der Waals surface area (Å²) in [5.41, 5.74) is 6.45. The Morgan fingerprint density at radius 3 is 2.50 bits per heavy atom. The van der Waals surface area contributed by atoms with Crippen molar-refractivity contribution in [2.75, 3.05) is 17.7 Å². The fourth-order valence-electron chi connectivity index (χ4n) is 1.00. The highest BCUT2D eigenvalue weighted by Crippen LogP contribution is 2.22. The van der Waals surface area contributed by atoms with Gasteiger partial charge in [0.05, 0.1) is 22.5 Å². The van der Waals surface area contributed by atoms with Crippen molar-refractivity contribution in [1.82, 2.24) is 9.78 Å². The van der Waals surface area contributed by atoms with E-state index < -0.39 is 9.84 Å². The molecule has 0 aliphatic carbocycles. The first-order valence-corrected chi connectivity index (χ1v) is 6.82. The zero-order valence-corrected chi connectivity index (χ0v) is 10.4. The van der Waals surface area contributed by atoms with Gasteiger partial charge in [-0.3, -0.25) is 0 Å². The number of aromatic nitrogens is 2. The van der Waals surface area contributed by atoms with Gasteiger partial charge in [0.2, 0.25) is 0 Å². The van der Waals surface area contributed by atoms with Gasteiger partial charge in [0.1, 0.15) is 15.7 Å². The lowest BCUT2D eigenvalue weighted by atomic mass is 10.5. The van der Waals surface area contributed by atoms with E-state index in [0.29, 0.717) is 5.82 Å². The van der Waals surface area contributed by atoms with Gasteiger partial charge in [0.25, 0.3) is 0 Å². The van der Waals surface area contributed by atoms with Gasteiger partial charge in [0.15, 0.2) is 0 Å². The average Bonchev–Trinajstić information content (AvgIpc) is 2.28. The van der Waals surface area contributed by atoms with Crippen LogP contribution in [0.3, 0.4) is 0 Å². The molecule has 1 aromatic heterocycles. The average molecular weight is 282 g/mol. The van der Waals surface area contributed by atoms with Gasteiger partial charge < -0.3 is 5.73 Å². The minimum absolute atomic E-state index is 0.0464. The first-order chi connectivity index (χ1) is 6.31. The maximum absolute atomic E-state index is 10.9. The van der Waals surface area contributed by atoms with Crippen molar-refractivity contribution in [1.29, 1.82) is 0 Å². The topological polar surface area (TPSA) is 78.0 Å². The SMILES string of the molecule is Cc1nn(CCS(C)(=O)=O)c(N)c1Br. The van der Waals surface area contributed by atoms with Gasteiger partial charge in [-0.05, 0) is 22.9 Å². The Morgan fingerprint density at radius 1 is 1.57 bits per heavy atom. The maximum atomic E-state index is 10.9. The summed E-state index contributed by atoms with van der Waals surface area (Å²) < 4.78 is 24.0. The van der Waals surface area contributed by atoms with Crippen LogP contribution in [-0.2, 0) is 16.4 Å². The Morgan fingerprint density at radius 2 is 2.14 bits per heavy atom. The lowest BCUT2D eigenvalue weighted by Crippen LogP contribution is -2.14. The molecule has 2 N–H and O–H groups in total. The number of anilines is 1. The van der Waals surface area contributed by atoms with Crippen LogP contribution in [0.2, 0.25) is 0 Å². The van der Waals surface area contributed by atoms with Crippen LogP contribution in [0.1, 0.15) is 5.69 Å². The van der Waals surface area contributed by atoms with Gasteiger partial charge in [-0.25, -0.2) is 13.1 Å². The van der Waals surface area contributed by atoms with Crippen LogP contribution in [0, 0.1) is 6.92 Å². The monoisotopic (exact) mass is 281 g/mol. The van der Waals surface area contributed by atoms with E-state index in [1.807, 2.05) is 0 Å². The van der Waals surface area contributed by atoms with E-state index in [4.69, 9.17) is 5.73 Å². The first-order valence-electron chi connectivity index (χ1n) is 3.97. The van der Waals surface area contributed by atoms with Gasteiger partial charge >= 0.3 is 0 Å². The van der Waals surface area contributed by atoms with Crippen LogP contribution in [0.15, 0.2) is 4.47 Å². The molecule has 1 aromatic rings. The maximum Gasteiger partial charge on any atom is 0.149 e. The number of nitrogens with two attached hydrogens (primary N) is 1. The normalized spacial score (nSPS) is 11.9. The number of aryl methyl sites for hydroxylation is 2. The molecule has 0 spiro atoms. The molecule has 7 heteroatoms. The van der Waals surface area contributed by atoms with E-state index in [-0.39, 0.29) is 12.3 Å². The molecule has 1 rings (SSSR count). The number of nitrogens with zero attached hydrogens (tertiary/aromatic N) is 2. The molecule has 14 heavy (non-hydrogen) atoms. The Hall–Kier alpha value is -0.560. The van der Waals surface area contributed by atoms with Crippen molar-refractivity contribution >= 4 is 31.6 Å². The van der Waals surface area contributed by atoms with Crippen molar-refractivity contribution in [2.24, 2.45) is 0 Å². The van der Waals surface area contributed by atoms with Crippen LogP contribution in [0.5, 0.6) is 0 Å². The fourth-order valence-corrected chi connectivity index (χ4v) is 1.79. The second kappa shape index (κ2) is 3.90. The summed E-state index contributed by atoms with van der Waals surface area (Å²) in [6.45, 7) is 2.09. The Kier molecular flexibility index (Phi) is 3.20. The minimum atomic E-state index is -2.97. The van der Waals surface area contributed by atoms with Crippen molar-refractivity contribution in [3.8, 4) is 0 Å². The fraction of sp³-hybridized carbons (Fsp3) is 0.571. The summed E-state index contributed by atoms with van der Waals surface area (Å²) in [6, 6.07) is 0. The summed E-state index contributed by atoms with van der Waals surface area (Å²) in [7, 11) is -2.97. The summed E-state index contributed by atoms with van der Waals surface area (Å²) in [5.74, 6) is 0.510. The lowest BCUT2D eigenvalue weighted by Gasteiger charge is -2.02. The third-order valence-corrected chi connectivity index (χ3v) is 3.67.